The maximum atomic E-state index is 9.27. The van der Waals surface area contributed by atoms with Crippen LogP contribution in [0.1, 0.15) is 58.1 Å². The molecule has 0 radical (unpaired) electrons. The fourth-order valence-corrected chi connectivity index (χ4v) is 7.29. The zero-order valence-electron chi connectivity index (χ0n) is 14.8. The lowest BCUT2D eigenvalue weighted by atomic mass is 9.39. The van der Waals surface area contributed by atoms with Crippen molar-refractivity contribution in [3.63, 3.8) is 0 Å². The molecule has 128 valence electrons. The molecule has 1 heterocycles. The van der Waals surface area contributed by atoms with Crippen LogP contribution in [-0.4, -0.2) is 33.7 Å². The van der Waals surface area contributed by atoms with Gasteiger partial charge in [0.05, 0.1) is 18.8 Å². The van der Waals surface area contributed by atoms with E-state index >= 15 is 0 Å². The van der Waals surface area contributed by atoms with Gasteiger partial charge in [-0.05, 0) is 67.8 Å². The van der Waals surface area contributed by atoms with Crippen LogP contribution in [-0.2, 0) is 11.3 Å². The van der Waals surface area contributed by atoms with Crippen LogP contribution in [0.3, 0.4) is 0 Å². The standard InChI is InChI=1S/C19H30N2O2/c1-15-4-5-20-21(15)14-18-9-16(2)8-17(3,10-18)12-19(11-16,13-18)23-7-6-22/h4-5,22H,6-14H2,1-3H3. The highest BCUT2D eigenvalue weighted by Crippen LogP contribution is 2.71. The number of nitrogens with zero attached hydrogens (tertiary/aromatic N) is 2. The first-order chi connectivity index (χ1) is 10.8. The maximum absolute atomic E-state index is 9.27. The van der Waals surface area contributed by atoms with Crippen molar-refractivity contribution in [2.45, 2.75) is 71.4 Å². The number of aliphatic hydroxyl groups is 1. The van der Waals surface area contributed by atoms with E-state index in [1.165, 1.54) is 25.0 Å². The SMILES string of the molecule is Cc1ccnn1CC12CC3(C)CC(C)(C1)CC(OCCO)(C3)C2. The predicted octanol–water partition coefficient (Wildman–Crippen LogP) is 3.32. The zero-order valence-corrected chi connectivity index (χ0v) is 14.8. The van der Waals surface area contributed by atoms with Gasteiger partial charge >= 0.3 is 0 Å². The van der Waals surface area contributed by atoms with Crippen molar-refractivity contribution < 1.29 is 9.84 Å². The van der Waals surface area contributed by atoms with E-state index < -0.39 is 0 Å². The Bertz CT molecular complexity index is 590. The van der Waals surface area contributed by atoms with E-state index in [4.69, 9.17) is 4.74 Å². The van der Waals surface area contributed by atoms with Crippen molar-refractivity contribution in [2.75, 3.05) is 13.2 Å². The average molecular weight is 318 g/mol. The quantitative estimate of drug-likeness (QED) is 0.906. The van der Waals surface area contributed by atoms with Crippen LogP contribution >= 0.6 is 0 Å². The Morgan fingerprint density at radius 2 is 1.83 bits per heavy atom. The fourth-order valence-electron chi connectivity index (χ4n) is 7.29. The summed E-state index contributed by atoms with van der Waals surface area (Å²) in [4.78, 5) is 0. The van der Waals surface area contributed by atoms with Crippen LogP contribution in [0.5, 0.6) is 0 Å². The summed E-state index contributed by atoms with van der Waals surface area (Å²) in [6.07, 6.45) is 9.27. The van der Waals surface area contributed by atoms with Gasteiger partial charge in [-0.25, -0.2) is 0 Å². The molecule has 4 aliphatic carbocycles. The zero-order chi connectivity index (χ0) is 16.3. The van der Waals surface area contributed by atoms with Crippen molar-refractivity contribution in [2.24, 2.45) is 16.2 Å². The second kappa shape index (κ2) is 4.82. The van der Waals surface area contributed by atoms with Crippen molar-refractivity contribution in [1.82, 2.24) is 9.78 Å². The van der Waals surface area contributed by atoms with E-state index in [1.807, 2.05) is 6.20 Å². The van der Waals surface area contributed by atoms with Crippen molar-refractivity contribution >= 4 is 0 Å². The second-order valence-electron chi connectivity index (χ2n) is 9.57. The first-order valence-corrected chi connectivity index (χ1v) is 9.03. The number of aromatic nitrogens is 2. The van der Waals surface area contributed by atoms with Gasteiger partial charge in [0.1, 0.15) is 0 Å². The molecule has 2 atom stereocenters. The van der Waals surface area contributed by atoms with Crippen LogP contribution in [0.2, 0.25) is 0 Å². The highest BCUT2D eigenvalue weighted by atomic mass is 16.5. The van der Waals surface area contributed by atoms with Crippen LogP contribution in [0.4, 0.5) is 0 Å². The molecule has 4 aliphatic rings. The summed E-state index contributed by atoms with van der Waals surface area (Å²) in [6.45, 7) is 8.69. The Labute approximate surface area is 139 Å². The molecule has 4 nitrogen and oxygen atoms in total. The maximum Gasteiger partial charge on any atom is 0.0705 e. The molecule has 4 saturated carbocycles. The lowest BCUT2D eigenvalue weighted by Gasteiger charge is -2.69. The van der Waals surface area contributed by atoms with Gasteiger partial charge in [0, 0.05) is 18.4 Å². The first-order valence-electron chi connectivity index (χ1n) is 9.03. The van der Waals surface area contributed by atoms with E-state index in [9.17, 15) is 5.11 Å². The Morgan fingerprint density at radius 3 is 2.39 bits per heavy atom. The number of hydrogen-bond donors (Lipinski definition) is 1. The molecule has 4 heteroatoms. The smallest absolute Gasteiger partial charge is 0.0705 e. The summed E-state index contributed by atoms with van der Waals surface area (Å²) < 4.78 is 8.51. The molecule has 2 unspecified atom stereocenters. The molecular formula is C19H30N2O2. The van der Waals surface area contributed by atoms with Gasteiger partial charge in [-0.1, -0.05) is 13.8 Å². The largest absolute Gasteiger partial charge is 0.394 e. The lowest BCUT2D eigenvalue weighted by Crippen LogP contribution is -2.64. The van der Waals surface area contributed by atoms with E-state index in [0.29, 0.717) is 22.9 Å². The van der Waals surface area contributed by atoms with Gasteiger partial charge in [-0.3, -0.25) is 4.68 Å². The molecule has 1 aromatic heterocycles. The van der Waals surface area contributed by atoms with E-state index in [0.717, 1.165) is 25.8 Å². The van der Waals surface area contributed by atoms with Crippen LogP contribution in [0.25, 0.3) is 0 Å². The minimum absolute atomic E-state index is 0.0258. The molecule has 1 N–H and O–H groups in total. The first kappa shape index (κ1) is 15.6. The van der Waals surface area contributed by atoms with Crippen molar-refractivity contribution in [1.29, 1.82) is 0 Å². The van der Waals surface area contributed by atoms with Crippen molar-refractivity contribution in [3.05, 3.63) is 18.0 Å². The Morgan fingerprint density at radius 1 is 1.13 bits per heavy atom. The number of rotatable bonds is 5. The molecule has 23 heavy (non-hydrogen) atoms. The predicted molar refractivity (Wildman–Crippen MR) is 89.1 cm³/mol. The van der Waals surface area contributed by atoms with Crippen LogP contribution in [0, 0.1) is 23.2 Å². The Kier molecular flexibility index (Phi) is 3.28. The average Bonchev–Trinajstić information content (AvgIpc) is 2.77. The lowest BCUT2D eigenvalue weighted by molar-refractivity contribution is -0.250. The monoisotopic (exact) mass is 318 g/mol. The van der Waals surface area contributed by atoms with E-state index in [-0.39, 0.29) is 12.2 Å². The molecule has 4 fully saturated rings. The third kappa shape index (κ3) is 2.54. The van der Waals surface area contributed by atoms with Crippen molar-refractivity contribution in [3.8, 4) is 0 Å². The van der Waals surface area contributed by atoms with E-state index in [1.54, 1.807) is 0 Å². The highest BCUT2D eigenvalue weighted by Gasteiger charge is 2.66. The third-order valence-corrected chi connectivity index (χ3v) is 6.57. The Hall–Kier alpha value is -0.870. The minimum Gasteiger partial charge on any atom is -0.394 e. The van der Waals surface area contributed by atoms with Crippen LogP contribution in [0.15, 0.2) is 12.3 Å². The summed E-state index contributed by atoms with van der Waals surface area (Å²) in [5.74, 6) is 0. The van der Waals surface area contributed by atoms with E-state index in [2.05, 4.69) is 36.6 Å². The molecule has 5 rings (SSSR count). The summed E-state index contributed by atoms with van der Waals surface area (Å²) in [5, 5.41) is 13.8. The number of aliphatic hydroxyl groups excluding tert-OH is 1. The van der Waals surface area contributed by atoms with Gasteiger partial charge in [-0.2, -0.15) is 5.10 Å². The molecule has 4 bridgehead atoms. The van der Waals surface area contributed by atoms with Gasteiger partial charge in [-0.15, -0.1) is 0 Å². The normalized spacial score (nSPS) is 44.9. The number of hydrogen-bond acceptors (Lipinski definition) is 3. The molecule has 1 aromatic rings. The molecule has 0 saturated heterocycles. The number of aryl methyl sites for hydroxylation is 1. The molecule has 0 spiro atoms. The molecule has 0 aliphatic heterocycles. The fraction of sp³-hybridized carbons (Fsp3) is 0.842. The number of ether oxygens (including phenoxy) is 1. The third-order valence-electron chi connectivity index (χ3n) is 6.57. The molecule has 0 amide bonds. The summed E-state index contributed by atoms with van der Waals surface area (Å²) in [5.41, 5.74) is 2.27. The summed E-state index contributed by atoms with van der Waals surface area (Å²) in [6, 6.07) is 2.10. The second-order valence-corrected chi connectivity index (χ2v) is 9.57. The molecule has 0 aromatic carbocycles. The Balaban J connectivity index is 1.69. The van der Waals surface area contributed by atoms with Gasteiger partial charge in [0.25, 0.3) is 0 Å². The highest BCUT2D eigenvalue weighted by molar-refractivity contribution is 5.17. The summed E-state index contributed by atoms with van der Waals surface area (Å²) in [7, 11) is 0. The molecular weight excluding hydrogens is 288 g/mol. The van der Waals surface area contributed by atoms with Gasteiger partial charge < -0.3 is 9.84 Å². The van der Waals surface area contributed by atoms with Gasteiger partial charge in [0.15, 0.2) is 0 Å². The summed E-state index contributed by atoms with van der Waals surface area (Å²) >= 11 is 0. The van der Waals surface area contributed by atoms with Gasteiger partial charge in [0.2, 0.25) is 0 Å². The minimum atomic E-state index is -0.0258. The topological polar surface area (TPSA) is 47.3 Å². The van der Waals surface area contributed by atoms with Crippen LogP contribution < -0.4 is 0 Å².